The molecule has 0 saturated carbocycles. The molecule has 1 saturated heterocycles. The fraction of sp³-hybridized carbons (Fsp3) is 0.111. The van der Waals surface area contributed by atoms with E-state index in [9.17, 15) is 14.9 Å². The average molecular weight is 464 g/mol. The number of carbonyl (C=O) groups is 1. The first-order valence-electron chi connectivity index (χ1n) is 7.87. The van der Waals surface area contributed by atoms with Crippen molar-refractivity contribution in [2.75, 3.05) is 14.2 Å². The van der Waals surface area contributed by atoms with E-state index in [-0.39, 0.29) is 27.8 Å². The van der Waals surface area contributed by atoms with Crippen molar-refractivity contribution in [2.24, 2.45) is 4.99 Å². The number of nitrogens with one attached hydrogen (secondary N) is 1. The van der Waals surface area contributed by atoms with Gasteiger partial charge < -0.3 is 14.8 Å². The molecule has 0 bridgehead atoms. The van der Waals surface area contributed by atoms with Crippen LogP contribution in [0.5, 0.6) is 11.5 Å². The van der Waals surface area contributed by atoms with Crippen molar-refractivity contribution in [3.05, 3.63) is 61.5 Å². The Hall–Kier alpha value is -2.85. The second-order valence-electron chi connectivity index (χ2n) is 5.48. The standard InChI is InChI=1S/C18H14BrN3O5S/c1-26-14-6-10(13(22(24)25)9-15(14)27-2)7-16-17(23)21-18(28-16)20-12-5-3-4-11(19)8-12/h3-9H,1-2H3,(H,20,21,23)/b16-7-. The Morgan fingerprint density at radius 1 is 1.21 bits per heavy atom. The molecule has 28 heavy (non-hydrogen) atoms. The zero-order chi connectivity index (χ0) is 20.3. The third kappa shape index (κ3) is 4.34. The summed E-state index contributed by atoms with van der Waals surface area (Å²) < 4.78 is 11.2. The number of hydrogen-bond donors (Lipinski definition) is 1. The van der Waals surface area contributed by atoms with E-state index in [1.807, 2.05) is 12.1 Å². The first-order valence-corrected chi connectivity index (χ1v) is 9.47. The fourth-order valence-electron chi connectivity index (χ4n) is 2.44. The summed E-state index contributed by atoms with van der Waals surface area (Å²) in [5.41, 5.74) is 0.690. The molecule has 0 spiro atoms. The molecule has 0 aromatic heterocycles. The number of nitro groups is 1. The largest absolute Gasteiger partial charge is 0.493 e. The molecule has 0 aliphatic carbocycles. The number of hydrogen-bond acceptors (Lipinski definition) is 7. The molecule has 1 heterocycles. The Kier molecular flexibility index (Phi) is 6.00. The van der Waals surface area contributed by atoms with Crippen LogP contribution in [0.3, 0.4) is 0 Å². The highest BCUT2D eigenvalue weighted by Gasteiger charge is 2.26. The van der Waals surface area contributed by atoms with Crippen LogP contribution in [0.1, 0.15) is 5.56 Å². The van der Waals surface area contributed by atoms with Gasteiger partial charge in [0, 0.05) is 4.47 Å². The summed E-state index contributed by atoms with van der Waals surface area (Å²) in [6.45, 7) is 0. The molecule has 2 aromatic carbocycles. The summed E-state index contributed by atoms with van der Waals surface area (Å²) in [6, 6.07) is 10.0. The summed E-state index contributed by atoms with van der Waals surface area (Å²) in [6.07, 6.45) is 1.43. The van der Waals surface area contributed by atoms with Gasteiger partial charge in [0.15, 0.2) is 16.7 Å². The first-order chi connectivity index (χ1) is 13.4. The van der Waals surface area contributed by atoms with Crippen molar-refractivity contribution in [1.82, 2.24) is 5.32 Å². The maximum atomic E-state index is 12.3. The minimum atomic E-state index is -0.539. The second kappa shape index (κ2) is 8.44. The molecular formula is C18H14BrN3O5S. The van der Waals surface area contributed by atoms with Gasteiger partial charge in [0.05, 0.1) is 41.4 Å². The number of carbonyl (C=O) groups excluding carboxylic acids is 1. The number of benzene rings is 2. The summed E-state index contributed by atoms with van der Waals surface area (Å²) in [7, 11) is 2.82. The normalized spacial score (nSPS) is 16.3. The monoisotopic (exact) mass is 463 g/mol. The molecule has 0 unspecified atom stereocenters. The third-order valence-corrected chi connectivity index (χ3v) is 5.11. The number of nitrogens with zero attached hydrogens (tertiary/aromatic N) is 2. The summed E-state index contributed by atoms with van der Waals surface area (Å²) in [4.78, 5) is 27.8. The minimum absolute atomic E-state index is 0.198. The van der Waals surface area contributed by atoms with Gasteiger partial charge in [-0.1, -0.05) is 22.0 Å². The van der Waals surface area contributed by atoms with E-state index in [0.717, 1.165) is 16.2 Å². The van der Waals surface area contributed by atoms with Crippen LogP contribution < -0.4 is 14.8 Å². The average Bonchev–Trinajstić information content (AvgIpc) is 2.99. The first kappa shape index (κ1) is 19.9. The van der Waals surface area contributed by atoms with Gasteiger partial charge in [-0.15, -0.1) is 0 Å². The van der Waals surface area contributed by atoms with Crippen molar-refractivity contribution in [3.63, 3.8) is 0 Å². The zero-order valence-corrected chi connectivity index (χ0v) is 17.2. The molecule has 10 heteroatoms. The number of rotatable bonds is 5. The van der Waals surface area contributed by atoms with Crippen molar-refractivity contribution in [2.45, 2.75) is 0 Å². The molecular weight excluding hydrogens is 450 g/mol. The van der Waals surface area contributed by atoms with Crippen molar-refractivity contribution in [1.29, 1.82) is 0 Å². The van der Waals surface area contributed by atoms with Crippen LogP contribution in [0.2, 0.25) is 0 Å². The quantitative estimate of drug-likeness (QED) is 0.403. The van der Waals surface area contributed by atoms with Gasteiger partial charge in [0.25, 0.3) is 11.6 Å². The van der Waals surface area contributed by atoms with Crippen LogP contribution >= 0.6 is 27.7 Å². The molecule has 144 valence electrons. The number of ether oxygens (including phenoxy) is 2. The molecule has 1 aliphatic heterocycles. The lowest BCUT2D eigenvalue weighted by Crippen LogP contribution is -2.19. The van der Waals surface area contributed by atoms with Gasteiger partial charge in [-0.05, 0) is 42.1 Å². The van der Waals surface area contributed by atoms with Gasteiger partial charge >= 0.3 is 0 Å². The van der Waals surface area contributed by atoms with E-state index in [2.05, 4.69) is 26.2 Å². The lowest BCUT2D eigenvalue weighted by Gasteiger charge is -2.08. The molecule has 0 atom stereocenters. The zero-order valence-electron chi connectivity index (χ0n) is 14.8. The molecule has 2 aromatic rings. The predicted octanol–water partition coefficient (Wildman–Crippen LogP) is 4.27. The minimum Gasteiger partial charge on any atom is -0.493 e. The molecule has 1 aliphatic rings. The van der Waals surface area contributed by atoms with Gasteiger partial charge in [-0.3, -0.25) is 14.9 Å². The summed E-state index contributed by atoms with van der Waals surface area (Å²) in [5.74, 6) is 0.172. The number of nitro benzene ring substituents is 1. The van der Waals surface area contributed by atoms with Crippen LogP contribution in [-0.2, 0) is 4.79 Å². The van der Waals surface area contributed by atoms with Gasteiger partial charge in [0.1, 0.15) is 0 Å². The van der Waals surface area contributed by atoms with E-state index in [1.165, 1.54) is 32.4 Å². The van der Waals surface area contributed by atoms with E-state index in [0.29, 0.717) is 16.6 Å². The summed E-state index contributed by atoms with van der Waals surface area (Å²) >= 11 is 4.46. The van der Waals surface area contributed by atoms with E-state index < -0.39 is 4.92 Å². The highest BCUT2D eigenvalue weighted by molar-refractivity contribution is 9.10. The Labute approximate surface area is 172 Å². The van der Waals surface area contributed by atoms with E-state index >= 15 is 0 Å². The second-order valence-corrected chi connectivity index (χ2v) is 7.43. The lowest BCUT2D eigenvalue weighted by atomic mass is 10.1. The van der Waals surface area contributed by atoms with Gasteiger partial charge in [-0.2, -0.15) is 0 Å². The van der Waals surface area contributed by atoms with Crippen LogP contribution in [0.25, 0.3) is 6.08 Å². The predicted molar refractivity (Wildman–Crippen MR) is 111 cm³/mol. The summed E-state index contributed by atoms with van der Waals surface area (Å²) in [5, 5.41) is 14.5. The van der Waals surface area contributed by atoms with Crippen molar-refractivity contribution >= 4 is 56.2 Å². The van der Waals surface area contributed by atoms with Gasteiger partial charge in [-0.25, -0.2) is 4.99 Å². The molecule has 0 radical (unpaired) electrons. The highest BCUT2D eigenvalue weighted by atomic mass is 79.9. The molecule has 1 N–H and O–H groups in total. The van der Waals surface area contributed by atoms with E-state index in [1.54, 1.807) is 12.1 Å². The molecule has 1 amide bonds. The third-order valence-electron chi connectivity index (χ3n) is 3.71. The molecule has 3 rings (SSSR count). The van der Waals surface area contributed by atoms with Crippen molar-refractivity contribution in [3.8, 4) is 11.5 Å². The molecule has 1 fully saturated rings. The topological polar surface area (TPSA) is 103 Å². The molecule has 8 nitrogen and oxygen atoms in total. The number of amides is 1. The van der Waals surface area contributed by atoms with Gasteiger partial charge in [0.2, 0.25) is 0 Å². The lowest BCUT2D eigenvalue weighted by molar-refractivity contribution is -0.385. The van der Waals surface area contributed by atoms with Crippen LogP contribution in [0, 0.1) is 10.1 Å². The van der Waals surface area contributed by atoms with E-state index in [4.69, 9.17) is 9.47 Å². The van der Waals surface area contributed by atoms with Crippen LogP contribution in [0.15, 0.2) is 50.8 Å². The fourth-order valence-corrected chi connectivity index (χ4v) is 3.66. The Balaban J connectivity index is 1.97. The van der Waals surface area contributed by atoms with Crippen LogP contribution in [0.4, 0.5) is 11.4 Å². The Bertz CT molecular complexity index is 1020. The smallest absolute Gasteiger partial charge is 0.280 e. The maximum absolute atomic E-state index is 12.3. The van der Waals surface area contributed by atoms with Crippen LogP contribution in [-0.4, -0.2) is 30.2 Å². The number of thioether (sulfide) groups is 1. The maximum Gasteiger partial charge on any atom is 0.280 e. The number of halogens is 1. The Morgan fingerprint density at radius 3 is 2.57 bits per heavy atom. The number of amidine groups is 1. The SMILES string of the molecule is COc1cc(/C=C2\SC(=Nc3cccc(Br)c3)NC2=O)c([N+](=O)[O-])cc1OC. The Morgan fingerprint density at radius 2 is 1.93 bits per heavy atom. The highest BCUT2D eigenvalue weighted by Crippen LogP contribution is 2.37. The van der Waals surface area contributed by atoms with Crippen molar-refractivity contribution < 1.29 is 19.2 Å². The number of aliphatic imine (C=N–C) groups is 1. The number of methoxy groups -OCH3 is 2.